The third-order valence-corrected chi connectivity index (χ3v) is 3.28. The Kier molecular flexibility index (Phi) is 2.56. The Morgan fingerprint density at radius 2 is 1.94 bits per heavy atom. The number of aryl methyl sites for hydroxylation is 2. The van der Waals surface area contributed by atoms with Gasteiger partial charge in [-0.25, -0.2) is 0 Å². The summed E-state index contributed by atoms with van der Waals surface area (Å²) in [7, 11) is 2.02. The summed E-state index contributed by atoms with van der Waals surface area (Å²) in [4.78, 5) is 8.69. The number of hydrogen-bond acceptors (Lipinski definition) is 2. The van der Waals surface area contributed by atoms with Crippen LogP contribution in [0, 0.1) is 6.92 Å². The lowest BCUT2D eigenvalue weighted by Gasteiger charge is -2.03. The molecule has 0 saturated heterocycles. The average molecular weight is 258 g/mol. The van der Waals surface area contributed by atoms with Crippen LogP contribution in [0.2, 0.25) is 5.02 Å². The molecule has 3 nitrogen and oxygen atoms in total. The van der Waals surface area contributed by atoms with Crippen molar-refractivity contribution in [1.82, 2.24) is 14.5 Å². The van der Waals surface area contributed by atoms with Gasteiger partial charge in [0.2, 0.25) is 0 Å². The molecule has 18 heavy (non-hydrogen) atoms. The van der Waals surface area contributed by atoms with Gasteiger partial charge < -0.3 is 4.57 Å². The van der Waals surface area contributed by atoms with Gasteiger partial charge in [-0.2, -0.15) is 0 Å². The Hall–Kier alpha value is -1.87. The van der Waals surface area contributed by atoms with Crippen LogP contribution in [0.15, 0.2) is 36.7 Å². The Morgan fingerprint density at radius 1 is 1.11 bits per heavy atom. The molecular formula is C14H12ClN3. The zero-order chi connectivity index (χ0) is 12.7. The number of nitrogens with zero attached hydrogens (tertiary/aromatic N) is 3. The summed E-state index contributed by atoms with van der Waals surface area (Å²) in [6, 6.07) is 7.96. The molecule has 0 fully saturated rings. The molecule has 1 aromatic carbocycles. The summed E-state index contributed by atoms with van der Waals surface area (Å²) in [6.07, 6.45) is 3.57. The topological polar surface area (TPSA) is 30.7 Å². The van der Waals surface area contributed by atoms with Crippen molar-refractivity contribution in [3.05, 3.63) is 47.4 Å². The zero-order valence-corrected chi connectivity index (χ0v) is 10.9. The molecule has 90 valence electrons. The van der Waals surface area contributed by atoms with E-state index >= 15 is 0 Å². The van der Waals surface area contributed by atoms with Crippen LogP contribution >= 0.6 is 11.6 Å². The molecular weight excluding hydrogens is 246 g/mol. The highest BCUT2D eigenvalue weighted by molar-refractivity contribution is 6.31. The van der Waals surface area contributed by atoms with Crippen LogP contribution in [0.25, 0.3) is 22.3 Å². The van der Waals surface area contributed by atoms with Gasteiger partial charge in [-0.1, -0.05) is 11.6 Å². The van der Waals surface area contributed by atoms with Gasteiger partial charge in [0.15, 0.2) is 0 Å². The van der Waals surface area contributed by atoms with E-state index < -0.39 is 0 Å². The fourth-order valence-electron chi connectivity index (χ4n) is 2.09. The second kappa shape index (κ2) is 4.10. The number of benzene rings is 1. The number of halogens is 1. The van der Waals surface area contributed by atoms with Crippen molar-refractivity contribution in [2.24, 2.45) is 7.05 Å². The van der Waals surface area contributed by atoms with E-state index in [0.717, 1.165) is 33.0 Å². The molecule has 2 aromatic heterocycles. The first-order valence-corrected chi connectivity index (χ1v) is 6.07. The highest BCUT2D eigenvalue weighted by Gasteiger charge is 2.09. The third-order valence-electron chi connectivity index (χ3n) is 3.05. The maximum absolute atomic E-state index is 6.01. The molecule has 3 rings (SSSR count). The van der Waals surface area contributed by atoms with E-state index in [2.05, 4.69) is 20.6 Å². The summed E-state index contributed by atoms with van der Waals surface area (Å²) in [5.41, 5.74) is 3.97. The minimum atomic E-state index is 0.745. The number of hydrogen-bond donors (Lipinski definition) is 0. The smallest absolute Gasteiger partial charge is 0.105 e. The van der Waals surface area contributed by atoms with E-state index in [4.69, 9.17) is 11.6 Å². The number of aromatic nitrogens is 3. The second-order valence-corrected chi connectivity index (χ2v) is 4.77. The van der Waals surface area contributed by atoms with Crippen LogP contribution in [0.5, 0.6) is 0 Å². The number of fused-ring (bicyclic) bond motifs is 1. The molecule has 3 aromatic rings. The van der Waals surface area contributed by atoms with Gasteiger partial charge in [0.1, 0.15) is 5.69 Å². The highest BCUT2D eigenvalue weighted by atomic mass is 35.5. The molecule has 0 radical (unpaired) electrons. The van der Waals surface area contributed by atoms with Crippen molar-refractivity contribution in [1.29, 1.82) is 0 Å². The fourth-order valence-corrected chi connectivity index (χ4v) is 2.27. The van der Waals surface area contributed by atoms with E-state index in [1.165, 1.54) is 0 Å². The number of rotatable bonds is 1. The fraction of sp³-hybridized carbons (Fsp3) is 0.143. The van der Waals surface area contributed by atoms with Crippen LogP contribution in [-0.2, 0) is 7.05 Å². The molecule has 0 aliphatic heterocycles. The average Bonchev–Trinajstić information content (AvgIpc) is 2.67. The molecule has 0 aliphatic carbocycles. The van der Waals surface area contributed by atoms with Crippen molar-refractivity contribution in [3.8, 4) is 11.4 Å². The first kappa shape index (κ1) is 11.2. The van der Waals surface area contributed by atoms with Gasteiger partial charge in [-0.3, -0.25) is 9.97 Å². The lowest BCUT2D eigenvalue weighted by atomic mass is 10.2. The molecule has 0 saturated carbocycles. The first-order chi connectivity index (χ1) is 8.65. The standard InChI is InChI=1S/C14H12ClN3/c1-9-7-17-12(8-16-9)14-6-10-5-11(15)3-4-13(10)18(14)2/h3-8H,1-2H3. The van der Waals surface area contributed by atoms with Gasteiger partial charge in [-0.15, -0.1) is 0 Å². The maximum Gasteiger partial charge on any atom is 0.105 e. The predicted molar refractivity (Wildman–Crippen MR) is 73.7 cm³/mol. The van der Waals surface area contributed by atoms with Crippen molar-refractivity contribution in [2.45, 2.75) is 6.92 Å². The first-order valence-electron chi connectivity index (χ1n) is 5.69. The van der Waals surface area contributed by atoms with Crippen molar-refractivity contribution < 1.29 is 0 Å². The summed E-state index contributed by atoms with van der Waals surface area (Å²) < 4.78 is 2.10. The Labute approximate surface area is 110 Å². The lowest BCUT2D eigenvalue weighted by molar-refractivity contribution is 0.964. The molecule has 0 aliphatic rings. The molecule has 2 heterocycles. The Morgan fingerprint density at radius 3 is 2.67 bits per heavy atom. The Bertz CT molecular complexity index is 714. The normalized spacial score (nSPS) is 11.1. The van der Waals surface area contributed by atoms with E-state index in [1.807, 2.05) is 32.2 Å². The van der Waals surface area contributed by atoms with Crippen LogP contribution in [0.3, 0.4) is 0 Å². The minimum absolute atomic E-state index is 0.745. The van der Waals surface area contributed by atoms with Crippen LogP contribution in [0.4, 0.5) is 0 Å². The summed E-state index contributed by atoms with van der Waals surface area (Å²) in [6.45, 7) is 1.93. The van der Waals surface area contributed by atoms with E-state index in [-0.39, 0.29) is 0 Å². The molecule has 0 atom stereocenters. The zero-order valence-electron chi connectivity index (χ0n) is 10.2. The molecule has 0 spiro atoms. The third kappa shape index (κ3) is 1.77. The van der Waals surface area contributed by atoms with Gasteiger partial charge in [-0.05, 0) is 31.2 Å². The van der Waals surface area contributed by atoms with Gasteiger partial charge in [0, 0.05) is 29.2 Å². The molecule has 4 heteroatoms. The maximum atomic E-state index is 6.01. The van der Waals surface area contributed by atoms with E-state index in [9.17, 15) is 0 Å². The second-order valence-electron chi connectivity index (χ2n) is 4.33. The quantitative estimate of drug-likeness (QED) is 0.667. The van der Waals surface area contributed by atoms with E-state index in [0.29, 0.717) is 0 Å². The van der Waals surface area contributed by atoms with Crippen LogP contribution in [-0.4, -0.2) is 14.5 Å². The SMILES string of the molecule is Cc1cnc(-c2cc3cc(Cl)ccc3n2C)cn1. The molecule has 0 unspecified atom stereocenters. The highest BCUT2D eigenvalue weighted by Crippen LogP contribution is 2.27. The Balaban J connectivity index is 2.23. The molecule has 0 amide bonds. The van der Waals surface area contributed by atoms with E-state index in [1.54, 1.807) is 12.4 Å². The van der Waals surface area contributed by atoms with Gasteiger partial charge >= 0.3 is 0 Å². The summed E-state index contributed by atoms with van der Waals surface area (Å²) in [5, 5.41) is 1.86. The minimum Gasteiger partial charge on any atom is -0.342 e. The molecule has 0 bridgehead atoms. The van der Waals surface area contributed by atoms with Gasteiger partial charge in [0.05, 0.1) is 17.6 Å². The van der Waals surface area contributed by atoms with Crippen molar-refractivity contribution >= 4 is 22.5 Å². The van der Waals surface area contributed by atoms with Crippen LogP contribution in [0.1, 0.15) is 5.69 Å². The van der Waals surface area contributed by atoms with Gasteiger partial charge in [0.25, 0.3) is 0 Å². The van der Waals surface area contributed by atoms with Crippen LogP contribution < -0.4 is 0 Å². The lowest BCUT2D eigenvalue weighted by Crippen LogP contribution is -1.94. The monoisotopic (exact) mass is 257 g/mol. The molecule has 0 N–H and O–H groups in total. The summed E-state index contributed by atoms with van der Waals surface area (Å²) >= 11 is 6.01. The predicted octanol–water partition coefficient (Wildman–Crippen LogP) is 3.60. The summed E-state index contributed by atoms with van der Waals surface area (Å²) in [5.74, 6) is 0. The van der Waals surface area contributed by atoms with Crippen molar-refractivity contribution in [3.63, 3.8) is 0 Å². The largest absolute Gasteiger partial charge is 0.342 e. The van der Waals surface area contributed by atoms with Crippen molar-refractivity contribution in [2.75, 3.05) is 0 Å².